The smallest absolute Gasteiger partial charge is 0.144 e. The molecule has 2 aromatic rings. The van der Waals surface area contributed by atoms with E-state index in [1.54, 1.807) is 0 Å². The van der Waals surface area contributed by atoms with E-state index < -0.39 is 0 Å². The quantitative estimate of drug-likeness (QED) is 0.897. The summed E-state index contributed by atoms with van der Waals surface area (Å²) in [4.78, 5) is 4.42. The van der Waals surface area contributed by atoms with Crippen molar-refractivity contribution in [2.24, 2.45) is 5.73 Å². The Morgan fingerprint density at radius 2 is 2.26 bits per heavy atom. The number of hydrogen-bond acceptors (Lipinski definition) is 3. The topological polar surface area (TPSA) is 53.1 Å². The van der Waals surface area contributed by atoms with Crippen molar-refractivity contribution in [2.45, 2.75) is 38.3 Å². The summed E-state index contributed by atoms with van der Waals surface area (Å²) in [5.74, 6) is 1.71. The van der Waals surface area contributed by atoms with Crippen LogP contribution in [0, 0.1) is 0 Å². The highest BCUT2D eigenvalue weighted by Crippen LogP contribution is 2.43. The summed E-state index contributed by atoms with van der Waals surface area (Å²) < 4.78 is 8.01. The van der Waals surface area contributed by atoms with Gasteiger partial charge in [-0.25, -0.2) is 4.98 Å². The number of imidazole rings is 1. The number of fused-ring (bicyclic) bond motifs is 3. The Kier molecular flexibility index (Phi) is 2.23. The van der Waals surface area contributed by atoms with Gasteiger partial charge >= 0.3 is 0 Å². The number of ether oxygens (including phenoxy) is 1. The Morgan fingerprint density at radius 1 is 1.42 bits per heavy atom. The highest BCUT2D eigenvalue weighted by Gasteiger charge is 2.27. The molecule has 0 unspecified atom stereocenters. The molecule has 98 valence electrons. The van der Waals surface area contributed by atoms with Crippen LogP contribution in [0.15, 0.2) is 24.5 Å². The minimum atomic E-state index is -0.0628. The van der Waals surface area contributed by atoms with Gasteiger partial charge in [-0.3, -0.25) is 4.57 Å². The van der Waals surface area contributed by atoms with Gasteiger partial charge in [0.2, 0.25) is 0 Å². The van der Waals surface area contributed by atoms with E-state index in [0.29, 0.717) is 6.61 Å². The van der Waals surface area contributed by atoms with Crippen molar-refractivity contribution in [1.29, 1.82) is 0 Å². The van der Waals surface area contributed by atoms with Crippen LogP contribution < -0.4 is 10.5 Å². The maximum absolute atomic E-state index is 5.94. The Morgan fingerprint density at radius 3 is 3.00 bits per heavy atom. The van der Waals surface area contributed by atoms with Crippen LogP contribution >= 0.6 is 0 Å². The van der Waals surface area contributed by atoms with E-state index in [0.717, 1.165) is 28.7 Å². The molecule has 4 nitrogen and oxygen atoms in total. The molecule has 1 aliphatic heterocycles. The highest BCUT2D eigenvalue weighted by molar-refractivity contribution is 5.53. The fourth-order valence-corrected chi connectivity index (χ4v) is 2.78. The molecule has 2 N–H and O–H groups in total. The zero-order valence-corrected chi connectivity index (χ0v) is 11.0. The number of nitrogens with zero attached hydrogens (tertiary/aromatic N) is 2. The molecule has 0 spiro atoms. The van der Waals surface area contributed by atoms with Gasteiger partial charge in [0.25, 0.3) is 0 Å². The predicted molar refractivity (Wildman–Crippen MR) is 72.5 cm³/mol. The zero-order chi connectivity index (χ0) is 13.0. The van der Waals surface area contributed by atoms with Gasteiger partial charge in [0.1, 0.15) is 18.7 Å². The van der Waals surface area contributed by atoms with Crippen LogP contribution in [0.4, 0.5) is 0 Å². The summed E-state index contributed by atoms with van der Waals surface area (Å²) in [5.41, 5.74) is 10.4. The van der Waals surface area contributed by atoms with Gasteiger partial charge in [-0.15, -0.1) is 0 Å². The normalized spacial score (nSPS) is 18.4. The molecule has 1 aliphatic carbocycles. The second kappa shape index (κ2) is 3.84. The molecule has 4 heteroatoms. The van der Waals surface area contributed by atoms with Gasteiger partial charge in [-0.1, -0.05) is 6.07 Å². The molecule has 1 aromatic carbocycles. The first-order chi connectivity index (χ1) is 9.24. The van der Waals surface area contributed by atoms with Crippen LogP contribution in [0.3, 0.4) is 0 Å². The van der Waals surface area contributed by atoms with E-state index in [-0.39, 0.29) is 6.04 Å². The average molecular weight is 255 g/mol. The molecule has 2 heterocycles. The minimum Gasteiger partial charge on any atom is -0.485 e. The van der Waals surface area contributed by atoms with Crippen molar-refractivity contribution >= 4 is 0 Å². The first-order valence-corrected chi connectivity index (χ1v) is 6.83. The molecule has 1 fully saturated rings. The molecular formula is C15H17N3O. The van der Waals surface area contributed by atoms with E-state index in [1.165, 1.54) is 18.4 Å². The lowest BCUT2D eigenvalue weighted by molar-refractivity contribution is 0.283. The van der Waals surface area contributed by atoms with Gasteiger partial charge in [0.15, 0.2) is 0 Å². The number of hydrogen-bond donors (Lipinski definition) is 1. The lowest BCUT2D eigenvalue weighted by atomic mass is 10.1. The standard InChI is InChI=1S/C15H17N3O/c1-9(16)15-13-7-19-14-6-11(10-2-3-10)4-5-12(14)18(13)8-17-15/h4-6,8-10H,2-3,7,16H2,1H3/t9-/m0/s1. The maximum atomic E-state index is 5.94. The predicted octanol–water partition coefficient (Wildman–Crippen LogP) is 2.66. The Hall–Kier alpha value is -1.81. The lowest BCUT2D eigenvalue weighted by Crippen LogP contribution is -2.16. The third-order valence-electron chi connectivity index (χ3n) is 3.99. The average Bonchev–Trinajstić information content (AvgIpc) is 3.16. The fourth-order valence-electron chi connectivity index (χ4n) is 2.78. The van der Waals surface area contributed by atoms with Crippen LogP contribution in [-0.4, -0.2) is 9.55 Å². The summed E-state index contributed by atoms with van der Waals surface area (Å²) in [6, 6.07) is 6.47. The SMILES string of the molecule is C[C@H](N)c1ncn2c1COc1cc(C3CC3)ccc1-2. The van der Waals surface area contributed by atoms with E-state index in [2.05, 4.69) is 27.8 Å². The number of nitrogens with two attached hydrogens (primary N) is 1. The third-order valence-corrected chi connectivity index (χ3v) is 3.99. The van der Waals surface area contributed by atoms with Crippen LogP contribution in [0.2, 0.25) is 0 Å². The number of benzene rings is 1. The summed E-state index contributed by atoms with van der Waals surface area (Å²) in [7, 11) is 0. The fraction of sp³-hybridized carbons (Fsp3) is 0.400. The van der Waals surface area contributed by atoms with Crippen molar-refractivity contribution in [3.63, 3.8) is 0 Å². The molecule has 1 atom stereocenters. The first-order valence-electron chi connectivity index (χ1n) is 6.83. The molecule has 4 rings (SSSR count). The molecule has 0 radical (unpaired) electrons. The molecule has 2 aliphatic rings. The van der Waals surface area contributed by atoms with Crippen LogP contribution in [0.1, 0.15) is 48.7 Å². The van der Waals surface area contributed by atoms with Gasteiger partial charge in [0, 0.05) is 6.04 Å². The summed E-state index contributed by atoms with van der Waals surface area (Å²) in [5, 5.41) is 0. The van der Waals surface area contributed by atoms with Crippen LogP contribution in [0.25, 0.3) is 5.69 Å². The monoisotopic (exact) mass is 255 g/mol. The first kappa shape index (κ1) is 11.1. The molecule has 1 aromatic heterocycles. The maximum Gasteiger partial charge on any atom is 0.144 e. The zero-order valence-electron chi connectivity index (χ0n) is 11.0. The minimum absolute atomic E-state index is 0.0628. The Labute approximate surface area is 112 Å². The van der Waals surface area contributed by atoms with Crippen molar-refractivity contribution in [1.82, 2.24) is 9.55 Å². The van der Waals surface area contributed by atoms with E-state index in [9.17, 15) is 0 Å². The van der Waals surface area contributed by atoms with Crippen LogP contribution in [0.5, 0.6) is 5.75 Å². The van der Waals surface area contributed by atoms with Gasteiger partial charge < -0.3 is 10.5 Å². The van der Waals surface area contributed by atoms with E-state index in [1.807, 2.05) is 13.3 Å². The lowest BCUT2D eigenvalue weighted by Gasteiger charge is -2.22. The molecular weight excluding hydrogens is 238 g/mol. The van der Waals surface area contributed by atoms with Gasteiger partial charge in [-0.05, 0) is 43.4 Å². The largest absolute Gasteiger partial charge is 0.485 e. The second-order valence-electron chi connectivity index (χ2n) is 5.53. The third kappa shape index (κ3) is 1.67. The van der Waals surface area contributed by atoms with Crippen molar-refractivity contribution < 1.29 is 4.74 Å². The van der Waals surface area contributed by atoms with E-state index >= 15 is 0 Å². The molecule has 0 saturated heterocycles. The molecule has 0 bridgehead atoms. The van der Waals surface area contributed by atoms with Gasteiger partial charge in [0.05, 0.1) is 17.1 Å². The van der Waals surface area contributed by atoms with E-state index in [4.69, 9.17) is 10.5 Å². The van der Waals surface area contributed by atoms with Crippen LogP contribution in [-0.2, 0) is 6.61 Å². The highest BCUT2D eigenvalue weighted by atomic mass is 16.5. The van der Waals surface area contributed by atoms with Crippen molar-refractivity contribution in [3.05, 3.63) is 41.5 Å². The summed E-state index contributed by atoms with van der Waals surface area (Å²) >= 11 is 0. The number of aromatic nitrogens is 2. The Bertz CT molecular complexity index is 641. The summed E-state index contributed by atoms with van der Waals surface area (Å²) in [6.07, 6.45) is 4.47. The summed E-state index contributed by atoms with van der Waals surface area (Å²) in [6.45, 7) is 2.51. The molecule has 1 saturated carbocycles. The second-order valence-corrected chi connectivity index (χ2v) is 5.53. The van der Waals surface area contributed by atoms with Crippen molar-refractivity contribution in [3.8, 4) is 11.4 Å². The molecule has 0 amide bonds. The van der Waals surface area contributed by atoms with Gasteiger partial charge in [-0.2, -0.15) is 0 Å². The molecule has 19 heavy (non-hydrogen) atoms. The Balaban J connectivity index is 1.81. The van der Waals surface area contributed by atoms with Crippen molar-refractivity contribution in [2.75, 3.05) is 0 Å². The number of rotatable bonds is 2.